The molecule has 0 spiro atoms. The summed E-state index contributed by atoms with van der Waals surface area (Å²) in [6.45, 7) is 0. The molecule has 12 aromatic rings. The molecule has 0 aliphatic carbocycles. The Balaban J connectivity index is 1.21. The highest BCUT2D eigenvalue weighted by Gasteiger charge is 2.26. The molecule has 0 bridgehead atoms. The van der Waals surface area contributed by atoms with Crippen LogP contribution >= 0.6 is 0 Å². The molecular weight excluding hydrogens is 763 g/mol. The number of aromatic nitrogens is 2. The Hall–Kier alpha value is -8.40. The monoisotopic (exact) mass is 803 g/mol. The quantitative estimate of drug-likeness (QED) is 0.149. The number of rotatable bonds is 8. The van der Waals surface area contributed by atoms with E-state index in [1.54, 1.807) is 0 Å². The van der Waals surface area contributed by atoms with Crippen LogP contribution in [0.5, 0.6) is 0 Å². The number of hydrogen-bond donors (Lipinski definition) is 0. The lowest BCUT2D eigenvalue weighted by molar-refractivity contribution is 1.15. The Morgan fingerprint density at radius 2 is 0.746 bits per heavy atom. The molecule has 12 rings (SSSR count). The summed E-state index contributed by atoms with van der Waals surface area (Å²) in [6, 6.07) is 90.3. The van der Waals surface area contributed by atoms with Crippen molar-refractivity contribution in [3.05, 3.63) is 249 Å². The van der Waals surface area contributed by atoms with Crippen molar-refractivity contribution in [2.75, 3.05) is 4.90 Å². The minimum absolute atomic E-state index is 1.07. The van der Waals surface area contributed by atoms with Crippen LogP contribution in [-0.4, -0.2) is 9.13 Å². The number of hydrogen-bond acceptors (Lipinski definition) is 1. The number of para-hydroxylation sites is 6. The first-order valence-corrected chi connectivity index (χ1v) is 21.6. The van der Waals surface area contributed by atoms with Gasteiger partial charge in [-0.1, -0.05) is 182 Å². The molecule has 0 amide bonds. The van der Waals surface area contributed by atoms with E-state index in [1.165, 1.54) is 54.8 Å². The van der Waals surface area contributed by atoms with Crippen molar-refractivity contribution in [1.82, 2.24) is 9.13 Å². The summed E-state index contributed by atoms with van der Waals surface area (Å²) in [7, 11) is 0. The van der Waals surface area contributed by atoms with Crippen LogP contribution < -0.4 is 4.90 Å². The highest BCUT2D eigenvalue weighted by atomic mass is 15.2. The average Bonchev–Trinajstić information content (AvgIpc) is 3.88. The van der Waals surface area contributed by atoms with Gasteiger partial charge in [-0.25, -0.2) is 0 Å². The Bertz CT molecular complexity index is 3570. The first kappa shape index (κ1) is 36.5. The maximum Gasteiger partial charge on any atom is 0.0702 e. The van der Waals surface area contributed by atoms with Crippen LogP contribution in [0, 0.1) is 0 Å². The van der Waals surface area contributed by atoms with Crippen molar-refractivity contribution in [3.63, 3.8) is 0 Å². The van der Waals surface area contributed by atoms with Crippen LogP contribution in [0.15, 0.2) is 249 Å². The van der Waals surface area contributed by atoms with Gasteiger partial charge < -0.3 is 14.0 Å². The van der Waals surface area contributed by atoms with Gasteiger partial charge in [0.2, 0.25) is 0 Å². The predicted octanol–water partition coefficient (Wildman–Crippen LogP) is 16.4. The van der Waals surface area contributed by atoms with E-state index in [0.29, 0.717) is 0 Å². The molecule has 2 heterocycles. The lowest BCUT2D eigenvalue weighted by Crippen LogP contribution is -2.14. The van der Waals surface area contributed by atoms with Crippen LogP contribution in [0.4, 0.5) is 17.1 Å². The van der Waals surface area contributed by atoms with Gasteiger partial charge in [-0.05, 0) is 94.5 Å². The third kappa shape index (κ3) is 6.05. The van der Waals surface area contributed by atoms with Gasteiger partial charge in [0.05, 0.1) is 39.1 Å². The third-order valence-electron chi connectivity index (χ3n) is 12.5. The minimum atomic E-state index is 1.07. The van der Waals surface area contributed by atoms with Crippen molar-refractivity contribution in [2.24, 2.45) is 0 Å². The number of anilines is 3. The molecule has 0 fully saturated rings. The smallest absolute Gasteiger partial charge is 0.0702 e. The second-order valence-corrected chi connectivity index (χ2v) is 16.1. The fourth-order valence-electron chi connectivity index (χ4n) is 9.83. The summed E-state index contributed by atoms with van der Waals surface area (Å²) in [5.74, 6) is 0. The Morgan fingerprint density at radius 1 is 0.286 bits per heavy atom. The Morgan fingerprint density at radius 3 is 1.41 bits per heavy atom. The summed E-state index contributed by atoms with van der Waals surface area (Å²) in [5, 5.41) is 4.86. The van der Waals surface area contributed by atoms with Gasteiger partial charge in [-0.2, -0.15) is 0 Å². The topological polar surface area (TPSA) is 13.1 Å². The molecular formula is C60H41N3. The summed E-state index contributed by atoms with van der Waals surface area (Å²) in [6.07, 6.45) is 0. The molecule has 3 heteroatoms. The molecule has 63 heavy (non-hydrogen) atoms. The molecule has 0 aliphatic rings. The van der Waals surface area contributed by atoms with E-state index in [9.17, 15) is 0 Å². The van der Waals surface area contributed by atoms with Gasteiger partial charge in [0.15, 0.2) is 0 Å². The second kappa shape index (κ2) is 15.3. The van der Waals surface area contributed by atoms with Crippen LogP contribution in [0.1, 0.15) is 0 Å². The average molecular weight is 804 g/mol. The Labute approximate surface area is 366 Å². The maximum atomic E-state index is 2.51. The highest BCUT2D eigenvalue weighted by molar-refractivity contribution is 6.13. The predicted molar refractivity (Wildman–Crippen MR) is 266 cm³/mol. The summed E-state index contributed by atoms with van der Waals surface area (Å²) in [4.78, 5) is 2.51. The molecule has 10 aromatic carbocycles. The zero-order valence-corrected chi connectivity index (χ0v) is 34.5. The fraction of sp³-hybridized carbons (Fsp3) is 0. The molecule has 2 aromatic heterocycles. The maximum absolute atomic E-state index is 2.51. The molecule has 0 N–H and O–H groups in total. The summed E-state index contributed by atoms with van der Waals surface area (Å²) in [5.41, 5.74) is 17.1. The summed E-state index contributed by atoms with van der Waals surface area (Å²) >= 11 is 0. The van der Waals surface area contributed by atoms with Crippen molar-refractivity contribution in [3.8, 4) is 44.8 Å². The van der Waals surface area contributed by atoms with Crippen LogP contribution in [-0.2, 0) is 0 Å². The highest BCUT2D eigenvalue weighted by Crippen LogP contribution is 2.50. The molecule has 3 nitrogen and oxygen atoms in total. The molecule has 296 valence electrons. The molecule has 0 aliphatic heterocycles. The summed E-state index contributed by atoms with van der Waals surface area (Å²) < 4.78 is 4.84. The van der Waals surface area contributed by atoms with Gasteiger partial charge in [0.25, 0.3) is 0 Å². The van der Waals surface area contributed by atoms with Gasteiger partial charge >= 0.3 is 0 Å². The number of fused-ring (bicyclic) bond motifs is 6. The van der Waals surface area contributed by atoms with Crippen molar-refractivity contribution in [2.45, 2.75) is 0 Å². The lowest BCUT2D eigenvalue weighted by Gasteiger charge is -2.32. The van der Waals surface area contributed by atoms with E-state index in [1.807, 2.05) is 0 Å². The normalized spacial score (nSPS) is 11.5. The van der Waals surface area contributed by atoms with Crippen LogP contribution in [0.3, 0.4) is 0 Å². The Kier molecular flexibility index (Phi) is 8.83. The van der Waals surface area contributed by atoms with E-state index in [0.717, 1.165) is 50.6 Å². The van der Waals surface area contributed by atoms with E-state index < -0.39 is 0 Å². The number of benzene rings is 10. The minimum Gasteiger partial charge on any atom is -0.309 e. The SMILES string of the molecule is c1ccc(-c2ccccc2-c2c(-c3ccccc3)cccc2N(c2ccc3c(c2)c2ccccc2n3-c2ccccc2)c2ccccc2-n2c3ccccc3c3ccccc32)cc1. The van der Waals surface area contributed by atoms with Crippen LogP contribution in [0.2, 0.25) is 0 Å². The largest absolute Gasteiger partial charge is 0.309 e. The van der Waals surface area contributed by atoms with E-state index >= 15 is 0 Å². The van der Waals surface area contributed by atoms with Crippen LogP contribution in [0.25, 0.3) is 88.4 Å². The zero-order chi connectivity index (χ0) is 41.7. The fourth-order valence-corrected chi connectivity index (χ4v) is 9.83. The third-order valence-corrected chi connectivity index (χ3v) is 12.5. The molecule has 0 saturated carbocycles. The van der Waals surface area contributed by atoms with Gasteiger partial charge in [-0.15, -0.1) is 0 Å². The van der Waals surface area contributed by atoms with Gasteiger partial charge in [0, 0.05) is 38.5 Å². The van der Waals surface area contributed by atoms with E-state index in [-0.39, 0.29) is 0 Å². The lowest BCUT2D eigenvalue weighted by atomic mass is 9.87. The standard InChI is InChI=1S/C60H41N3/c1-4-21-42(22-5-1)46-27-10-11-31-51(46)60-47(43-23-6-2-7-24-43)32-20-38-59(60)62(45-39-40-56-52(41-45)50-30-14-15-33-53(50)61(56)44-25-8-3-9-26-44)57-36-18-19-37-58(57)63-54-34-16-12-28-48(54)49-29-13-17-35-55(49)63/h1-41H. The first-order valence-electron chi connectivity index (χ1n) is 21.6. The van der Waals surface area contributed by atoms with E-state index in [2.05, 4.69) is 263 Å². The molecule has 0 saturated heterocycles. The van der Waals surface area contributed by atoms with Crippen molar-refractivity contribution >= 4 is 60.7 Å². The van der Waals surface area contributed by atoms with Crippen molar-refractivity contribution in [1.29, 1.82) is 0 Å². The van der Waals surface area contributed by atoms with E-state index in [4.69, 9.17) is 0 Å². The zero-order valence-electron chi connectivity index (χ0n) is 34.5. The molecule has 0 unspecified atom stereocenters. The van der Waals surface area contributed by atoms with Gasteiger partial charge in [-0.3, -0.25) is 0 Å². The molecule has 0 radical (unpaired) electrons. The number of nitrogens with zero attached hydrogens (tertiary/aromatic N) is 3. The molecule has 0 atom stereocenters. The van der Waals surface area contributed by atoms with Gasteiger partial charge in [0.1, 0.15) is 0 Å². The van der Waals surface area contributed by atoms with Crippen molar-refractivity contribution < 1.29 is 0 Å². The first-order chi connectivity index (χ1) is 31.3. The second-order valence-electron chi connectivity index (χ2n) is 16.1.